The normalized spacial score (nSPS) is 10.8. The van der Waals surface area contributed by atoms with E-state index in [1.165, 1.54) is 13.2 Å². The number of hydrogen-bond donors (Lipinski definition) is 1. The lowest BCUT2D eigenvalue weighted by Gasteiger charge is -2.13. The van der Waals surface area contributed by atoms with Gasteiger partial charge in [-0.1, -0.05) is 13.8 Å². The van der Waals surface area contributed by atoms with Gasteiger partial charge in [-0.25, -0.2) is 14.4 Å². The minimum Gasteiger partial charge on any atom is -0.494 e. The average molecular weight is 401 g/mol. The van der Waals surface area contributed by atoms with E-state index in [-0.39, 0.29) is 11.7 Å². The topological polar surface area (TPSA) is 47.0 Å². The second kappa shape index (κ2) is 6.55. The highest BCUT2D eigenvalue weighted by Gasteiger charge is 2.16. The van der Waals surface area contributed by atoms with Crippen molar-refractivity contribution in [3.8, 4) is 17.1 Å². The maximum atomic E-state index is 13.9. The number of anilines is 1. The van der Waals surface area contributed by atoms with Gasteiger partial charge in [0.15, 0.2) is 17.4 Å². The van der Waals surface area contributed by atoms with Crippen molar-refractivity contribution in [2.45, 2.75) is 19.8 Å². The molecule has 21 heavy (non-hydrogen) atoms. The molecule has 1 N–H and O–H groups in total. The van der Waals surface area contributed by atoms with Crippen LogP contribution < -0.4 is 10.1 Å². The molecular formula is C15H17FIN3O. The van der Waals surface area contributed by atoms with Crippen molar-refractivity contribution in [1.82, 2.24) is 9.97 Å². The molecule has 0 aliphatic heterocycles. The predicted octanol–water partition coefficient (Wildman–Crippen LogP) is 4.06. The number of benzene rings is 1. The lowest BCUT2D eigenvalue weighted by Crippen LogP contribution is -2.06. The Kier molecular flexibility index (Phi) is 4.97. The highest BCUT2D eigenvalue weighted by atomic mass is 127. The quantitative estimate of drug-likeness (QED) is 0.786. The summed E-state index contributed by atoms with van der Waals surface area (Å²) in [5.41, 5.74) is 1.57. The van der Waals surface area contributed by atoms with Crippen LogP contribution in [0.25, 0.3) is 11.4 Å². The van der Waals surface area contributed by atoms with Crippen molar-refractivity contribution in [2.24, 2.45) is 0 Å². The third-order valence-corrected chi connectivity index (χ3v) is 4.13. The number of nitrogens with zero attached hydrogens (tertiary/aromatic N) is 2. The van der Waals surface area contributed by atoms with Gasteiger partial charge in [0, 0.05) is 12.6 Å². The first kappa shape index (κ1) is 15.9. The summed E-state index contributed by atoms with van der Waals surface area (Å²) in [4.78, 5) is 9.04. The van der Waals surface area contributed by atoms with Crippen molar-refractivity contribution in [3.63, 3.8) is 0 Å². The molecule has 0 saturated heterocycles. The molecule has 0 aliphatic rings. The second-order valence-electron chi connectivity index (χ2n) is 4.85. The molecule has 0 saturated carbocycles. The summed E-state index contributed by atoms with van der Waals surface area (Å²) in [6, 6.07) is 4.73. The Balaban J connectivity index is 2.58. The number of nitrogens with one attached hydrogen (secondary N) is 1. The molecule has 0 bridgehead atoms. The van der Waals surface area contributed by atoms with Crippen molar-refractivity contribution in [3.05, 3.63) is 33.3 Å². The van der Waals surface area contributed by atoms with Crippen LogP contribution >= 0.6 is 22.6 Å². The van der Waals surface area contributed by atoms with Gasteiger partial charge >= 0.3 is 0 Å². The van der Waals surface area contributed by atoms with E-state index in [4.69, 9.17) is 4.74 Å². The molecule has 1 heterocycles. The molecule has 0 atom stereocenters. The smallest absolute Gasteiger partial charge is 0.165 e. The SMILES string of the molecule is CNc1nc(-c2ccc(OC)c(F)c2)nc(C(C)C)c1I. The highest BCUT2D eigenvalue weighted by molar-refractivity contribution is 14.1. The van der Waals surface area contributed by atoms with E-state index in [1.807, 2.05) is 7.05 Å². The molecule has 0 radical (unpaired) electrons. The summed E-state index contributed by atoms with van der Waals surface area (Å²) in [6.07, 6.45) is 0. The summed E-state index contributed by atoms with van der Waals surface area (Å²) < 4.78 is 19.8. The Morgan fingerprint density at radius 2 is 2.00 bits per heavy atom. The summed E-state index contributed by atoms with van der Waals surface area (Å²) >= 11 is 2.23. The largest absolute Gasteiger partial charge is 0.494 e. The van der Waals surface area contributed by atoms with Crippen molar-refractivity contribution in [2.75, 3.05) is 19.5 Å². The summed E-state index contributed by atoms with van der Waals surface area (Å²) in [5, 5.41) is 3.06. The van der Waals surface area contributed by atoms with E-state index in [1.54, 1.807) is 12.1 Å². The van der Waals surface area contributed by atoms with Crippen LogP contribution in [0.15, 0.2) is 18.2 Å². The Morgan fingerprint density at radius 3 is 2.52 bits per heavy atom. The number of aromatic nitrogens is 2. The Hall–Kier alpha value is -1.44. The Morgan fingerprint density at radius 1 is 1.29 bits per heavy atom. The molecule has 0 aliphatic carbocycles. The van der Waals surface area contributed by atoms with Crippen LogP contribution in [0.5, 0.6) is 5.75 Å². The summed E-state index contributed by atoms with van der Waals surface area (Å²) in [6.45, 7) is 4.14. The number of hydrogen-bond acceptors (Lipinski definition) is 4. The van der Waals surface area contributed by atoms with Crippen LogP contribution in [0, 0.1) is 9.39 Å². The van der Waals surface area contributed by atoms with Gasteiger partial charge in [-0.2, -0.15) is 0 Å². The van der Waals surface area contributed by atoms with E-state index < -0.39 is 5.82 Å². The minimum atomic E-state index is -0.422. The predicted molar refractivity (Wildman–Crippen MR) is 90.3 cm³/mol. The molecule has 112 valence electrons. The summed E-state index contributed by atoms with van der Waals surface area (Å²) in [5.74, 6) is 1.30. The molecule has 0 unspecified atom stereocenters. The zero-order valence-corrected chi connectivity index (χ0v) is 14.5. The van der Waals surface area contributed by atoms with E-state index in [0.29, 0.717) is 11.4 Å². The molecule has 0 fully saturated rings. The standard InChI is InChI=1S/C15H17FIN3O/c1-8(2)13-12(17)15(18-3)20-14(19-13)9-5-6-11(21-4)10(16)7-9/h5-8H,1-4H3,(H,18,19,20). The third-order valence-electron chi connectivity index (χ3n) is 3.07. The van der Waals surface area contributed by atoms with Crippen LogP contribution in [-0.2, 0) is 0 Å². The molecule has 0 spiro atoms. The molecule has 4 nitrogen and oxygen atoms in total. The lowest BCUT2D eigenvalue weighted by atomic mass is 10.1. The number of rotatable bonds is 4. The molecule has 1 aromatic heterocycles. The van der Waals surface area contributed by atoms with Gasteiger partial charge in [0.05, 0.1) is 16.4 Å². The van der Waals surface area contributed by atoms with Gasteiger partial charge in [-0.3, -0.25) is 0 Å². The van der Waals surface area contributed by atoms with Gasteiger partial charge in [0.25, 0.3) is 0 Å². The van der Waals surface area contributed by atoms with E-state index in [9.17, 15) is 4.39 Å². The van der Waals surface area contributed by atoms with Gasteiger partial charge in [-0.15, -0.1) is 0 Å². The fourth-order valence-electron chi connectivity index (χ4n) is 1.95. The van der Waals surface area contributed by atoms with E-state index >= 15 is 0 Å². The minimum absolute atomic E-state index is 0.210. The maximum Gasteiger partial charge on any atom is 0.165 e. The van der Waals surface area contributed by atoms with Gasteiger partial charge in [-0.05, 0) is 46.7 Å². The first-order valence-corrected chi connectivity index (χ1v) is 7.64. The highest BCUT2D eigenvalue weighted by Crippen LogP contribution is 2.29. The van der Waals surface area contributed by atoms with Crippen molar-refractivity contribution in [1.29, 1.82) is 0 Å². The van der Waals surface area contributed by atoms with E-state index in [2.05, 4.69) is 51.7 Å². The van der Waals surface area contributed by atoms with Gasteiger partial charge < -0.3 is 10.1 Å². The molecular weight excluding hydrogens is 384 g/mol. The fraction of sp³-hybridized carbons (Fsp3) is 0.333. The molecule has 0 amide bonds. The van der Waals surface area contributed by atoms with Crippen LogP contribution in [0.1, 0.15) is 25.5 Å². The van der Waals surface area contributed by atoms with Crippen LogP contribution in [0.3, 0.4) is 0 Å². The third kappa shape index (κ3) is 3.25. The first-order valence-electron chi connectivity index (χ1n) is 6.57. The van der Waals surface area contributed by atoms with Gasteiger partial charge in [0.2, 0.25) is 0 Å². The average Bonchev–Trinajstić information content (AvgIpc) is 2.47. The van der Waals surface area contributed by atoms with Crippen molar-refractivity contribution >= 4 is 28.4 Å². The molecule has 1 aromatic carbocycles. The van der Waals surface area contributed by atoms with Crippen molar-refractivity contribution < 1.29 is 9.13 Å². The molecule has 2 rings (SSSR count). The molecule has 6 heteroatoms. The number of methoxy groups -OCH3 is 1. The summed E-state index contributed by atoms with van der Waals surface area (Å²) in [7, 11) is 3.25. The first-order chi connectivity index (χ1) is 9.97. The zero-order chi connectivity index (χ0) is 15.6. The van der Waals surface area contributed by atoms with Crippen LogP contribution in [-0.4, -0.2) is 24.1 Å². The van der Waals surface area contributed by atoms with Crippen LogP contribution in [0.2, 0.25) is 0 Å². The van der Waals surface area contributed by atoms with E-state index in [0.717, 1.165) is 15.1 Å². The number of ether oxygens (including phenoxy) is 1. The fourth-order valence-corrected chi connectivity index (χ4v) is 3.08. The Bertz CT molecular complexity index is 662. The molecule has 2 aromatic rings. The monoisotopic (exact) mass is 401 g/mol. The number of halogens is 2. The van der Waals surface area contributed by atoms with Crippen LogP contribution in [0.4, 0.5) is 10.2 Å². The lowest BCUT2D eigenvalue weighted by molar-refractivity contribution is 0.386. The van der Waals surface area contributed by atoms with Gasteiger partial charge in [0.1, 0.15) is 5.82 Å². The Labute approximate surface area is 137 Å². The second-order valence-corrected chi connectivity index (χ2v) is 5.93. The zero-order valence-electron chi connectivity index (χ0n) is 12.4. The maximum absolute atomic E-state index is 13.9.